The lowest BCUT2D eigenvalue weighted by atomic mass is 9.91. The highest BCUT2D eigenvalue weighted by Crippen LogP contribution is 2.64. The molecule has 2 rings (SSSR count). The van der Waals surface area contributed by atoms with Gasteiger partial charge in [0.2, 0.25) is 0 Å². The van der Waals surface area contributed by atoms with Gasteiger partial charge < -0.3 is 25.8 Å². The summed E-state index contributed by atoms with van der Waals surface area (Å²) in [6, 6.07) is 5.47. The third kappa shape index (κ3) is 10.3. The van der Waals surface area contributed by atoms with Gasteiger partial charge in [-0.25, -0.2) is 18.0 Å². The normalized spacial score (nSPS) is 16.3. The molecular formula is C27H24F20N4O8S. The Balaban J connectivity index is 0.000000669. The number of carboxylic acid groups (broad SMARTS) is 1. The molecule has 1 aromatic rings. The summed E-state index contributed by atoms with van der Waals surface area (Å²) in [7, 11) is -7.35. The minimum atomic E-state index is -8.88. The topological polar surface area (TPSA) is 176 Å². The molecule has 0 unspecified atom stereocenters. The fourth-order valence-electron chi connectivity index (χ4n) is 4.19. The molecule has 60 heavy (non-hydrogen) atoms. The van der Waals surface area contributed by atoms with E-state index >= 15 is 0 Å². The maximum Gasteiger partial charge on any atom is 0.471 e. The lowest BCUT2D eigenvalue weighted by Crippen LogP contribution is -2.75. The Morgan fingerprint density at radius 1 is 0.683 bits per heavy atom. The molecule has 346 valence electrons. The zero-order chi connectivity index (χ0) is 47.5. The summed E-state index contributed by atoms with van der Waals surface area (Å²) in [4.78, 5) is 44.4. The number of carbonyl (C=O) groups is 4. The second-order valence-electron chi connectivity index (χ2n) is 11.7. The fourth-order valence-corrected chi connectivity index (χ4v) is 5.61. The summed E-state index contributed by atoms with van der Waals surface area (Å²) in [6.07, 6.45) is -14.0. The van der Waals surface area contributed by atoms with E-state index in [1.165, 1.54) is 5.32 Å². The number of carbonyl (C=O) groups excluding carboxylic acids is 3. The van der Waals surface area contributed by atoms with Gasteiger partial charge in [-0.05, 0) is 12.0 Å². The summed E-state index contributed by atoms with van der Waals surface area (Å²) in [5.41, 5.74) is 5.44. The van der Waals surface area contributed by atoms with Gasteiger partial charge in [0, 0.05) is 32.6 Å². The lowest BCUT2D eigenvalue weighted by molar-refractivity contribution is -0.458. The van der Waals surface area contributed by atoms with Crippen LogP contribution in [0.2, 0.25) is 0 Å². The highest BCUT2D eigenvalue weighted by Gasteiger charge is 2.96. The second-order valence-corrected chi connectivity index (χ2v) is 13.7. The van der Waals surface area contributed by atoms with Crippen molar-refractivity contribution < 1.29 is 125 Å². The number of primary amides is 1. The van der Waals surface area contributed by atoms with Crippen molar-refractivity contribution in [2.45, 2.75) is 78.6 Å². The number of amides is 3. The van der Waals surface area contributed by atoms with Crippen LogP contribution < -0.4 is 11.1 Å². The Kier molecular flexibility index (Phi) is 15.8. The van der Waals surface area contributed by atoms with Gasteiger partial charge in [-0.3, -0.25) is 9.59 Å². The minimum absolute atomic E-state index is 0.0354. The summed E-state index contributed by atoms with van der Waals surface area (Å²) in [6.45, 7) is -4.97. The first-order valence-corrected chi connectivity index (χ1v) is 16.6. The molecule has 1 atom stereocenters. The number of benzene rings is 1. The standard InChI is InChI=1S/C14H14F3NO5.C13H10F17N3O3S/c15-14(16,17)13(22)18-10(12(20)21)6-7-11(19)23-8-9-4-2-1-3-5-9;14-6(15,8(18,19)10(22,23)12(26,27)28)7(16,17)9(20,21)11(24,25)13(29,30)37(35,36)33-3-1-32(2-4-33)5(31)34/h1-5,10H,6-8H2,(H,18,22)(H,20,21);1-4H2,(H2,31,34)/t10-;/m0./s1. The predicted octanol–water partition coefficient (Wildman–Crippen LogP) is 5.62. The number of sulfonamides is 1. The molecular weight excluding hydrogens is 920 g/mol. The van der Waals surface area contributed by atoms with Crippen LogP contribution in [0.3, 0.4) is 0 Å². The summed E-state index contributed by atoms with van der Waals surface area (Å²) in [5.74, 6) is -56.7. The Labute approximate surface area is 320 Å². The van der Waals surface area contributed by atoms with Crippen molar-refractivity contribution in [2.75, 3.05) is 26.2 Å². The summed E-state index contributed by atoms with van der Waals surface area (Å²) >= 11 is 0. The number of ether oxygens (including phenoxy) is 1. The number of nitrogens with one attached hydrogen (secondary N) is 1. The zero-order valence-corrected chi connectivity index (χ0v) is 29.5. The molecule has 0 radical (unpaired) electrons. The van der Waals surface area contributed by atoms with Gasteiger partial charge in [0.25, 0.3) is 10.0 Å². The number of halogens is 20. The molecule has 0 aromatic heterocycles. The first-order valence-electron chi connectivity index (χ1n) is 15.2. The SMILES string of the molecule is NC(=O)N1CCN(S(=O)(=O)C(F)(F)C(F)(F)C(F)(F)C(F)(F)C(F)(F)C(F)(F)C(F)(F)C(F)(F)F)CC1.O=C(CC[C@H](NC(=O)C(F)(F)F)C(=O)O)OCc1ccccc1. The van der Waals surface area contributed by atoms with E-state index in [9.17, 15) is 115 Å². The molecule has 0 aliphatic carbocycles. The Hall–Kier alpha value is -4.59. The van der Waals surface area contributed by atoms with Gasteiger partial charge in [-0.1, -0.05) is 30.3 Å². The molecule has 1 aliphatic heterocycles. The Morgan fingerprint density at radius 3 is 1.48 bits per heavy atom. The van der Waals surface area contributed by atoms with E-state index in [1.54, 1.807) is 30.3 Å². The number of urea groups is 1. The van der Waals surface area contributed by atoms with E-state index in [2.05, 4.69) is 0 Å². The number of alkyl halides is 20. The maximum atomic E-state index is 14.1. The summed E-state index contributed by atoms with van der Waals surface area (Å²) in [5, 5.41) is 2.48. The van der Waals surface area contributed by atoms with Crippen LogP contribution in [-0.4, -0.2) is 132 Å². The van der Waals surface area contributed by atoms with Crippen LogP contribution in [0, 0.1) is 0 Å². The lowest BCUT2D eigenvalue weighted by Gasteiger charge is -2.43. The average Bonchev–Trinajstić information content (AvgIpc) is 3.11. The molecule has 33 heteroatoms. The molecule has 0 bridgehead atoms. The molecule has 0 saturated carbocycles. The number of aliphatic carboxylic acids is 1. The van der Waals surface area contributed by atoms with Crippen molar-refractivity contribution in [1.82, 2.24) is 14.5 Å². The second kappa shape index (κ2) is 17.8. The third-order valence-corrected chi connectivity index (χ3v) is 9.60. The van der Waals surface area contributed by atoms with E-state index in [0.717, 1.165) is 0 Å². The van der Waals surface area contributed by atoms with Crippen molar-refractivity contribution in [1.29, 1.82) is 0 Å². The van der Waals surface area contributed by atoms with Crippen molar-refractivity contribution in [3.63, 3.8) is 0 Å². The fraction of sp³-hybridized carbons (Fsp3) is 0.630. The molecule has 12 nitrogen and oxygen atoms in total. The van der Waals surface area contributed by atoms with Crippen LogP contribution in [0.5, 0.6) is 0 Å². The highest BCUT2D eigenvalue weighted by molar-refractivity contribution is 7.90. The van der Waals surface area contributed by atoms with Crippen LogP contribution >= 0.6 is 0 Å². The minimum Gasteiger partial charge on any atom is -0.480 e. The van der Waals surface area contributed by atoms with E-state index < -0.39 is 136 Å². The van der Waals surface area contributed by atoms with Crippen molar-refractivity contribution >= 4 is 33.9 Å². The molecule has 1 saturated heterocycles. The van der Waals surface area contributed by atoms with Crippen molar-refractivity contribution in [3.05, 3.63) is 35.9 Å². The largest absolute Gasteiger partial charge is 0.480 e. The molecule has 1 aromatic carbocycles. The molecule has 1 fully saturated rings. The quantitative estimate of drug-likeness (QED) is 0.150. The Bertz CT molecular complexity index is 1800. The van der Waals surface area contributed by atoms with Crippen LogP contribution in [0.1, 0.15) is 18.4 Å². The number of nitrogens with two attached hydrogens (primary N) is 1. The number of nitrogens with zero attached hydrogens (tertiary/aromatic N) is 2. The number of hydrogen-bond donors (Lipinski definition) is 3. The Morgan fingerprint density at radius 2 is 1.10 bits per heavy atom. The van der Waals surface area contributed by atoms with Crippen LogP contribution in [-0.2, 0) is 35.8 Å². The monoisotopic (exact) mass is 944 g/mol. The molecule has 1 heterocycles. The molecule has 1 aliphatic rings. The average molecular weight is 945 g/mol. The van der Waals surface area contributed by atoms with Gasteiger partial charge in [0.05, 0.1) is 0 Å². The van der Waals surface area contributed by atoms with Crippen LogP contribution in [0.15, 0.2) is 30.3 Å². The van der Waals surface area contributed by atoms with E-state index in [4.69, 9.17) is 15.6 Å². The van der Waals surface area contributed by atoms with Gasteiger partial charge in [-0.15, -0.1) is 0 Å². The van der Waals surface area contributed by atoms with Crippen LogP contribution in [0.4, 0.5) is 92.6 Å². The number of esters is 1. The highest BCUT2D eigenvalue weighted by atomic mass is 32.2. The smallest absolute Gasteiger partial charge is 0.471 e. The number of carboxylic acids is 1. The molecule has 3 amide bonds. The van der Waals surface area contributed by atoms with Crippen molar-refractivity contribution in [2.24, 2.45) is 5.73 Å². The number of piperazine rings is 1. The van der Waals surface area contributed by atoms with Gasteiger partial charge in [-0.2, -0.15) is 92.1 Å². The third-order valence-electron chi connectivity index (χ3n) is 7.65. The number of hydrogen-bond acceptors (Lipinski definition) is 7. The van der Waals surface area contributed by atoms with E-state index in [0.29, 0.717) is 10.5 Å². The zero-order valence-electron chi connectivity index (χ0n) is 28.7. The predicted molar refractivity (Wildman–Crippen MR) is 153 cm³/mol. The van der Waals surface area contributed by atoms with Crippen molar-refractivity contribution in [3.8, 4) is 0 Å². The summed E-state index contributed by atoms with van der Waals surface area (Å²) < 4.78 is 290. The number of rotatable bonds is 15. The molecule has 0 spiro atoms. The van der Waals surface area contributed by atoms with E-state index in [-0.39, 0.29) is 6.61 Å². The first-order chi connectivity index (χ1) is 26.6. The van der Waals surface area contributed by atoms with Gasteiger partial charge >= 0.3 is 77.0 Å². The first kappa shape index (κ1) is 53.4. The van der Waals surface area contributed by atoms with E-state index in [1.807, 2.05) is 0 Å². The van der Waals surface area contributed by atoms with Crippen LogP contribution in [0.25, 0.3) is 0 Å². The van der Waals surface area contributed by atoms with Gasteiger partial charge in [0.15, 0.2) is 0 Å². The maximum absolute atomic E-state index is 14.1. The molecule has 4 N–H and O–H groups in total. The van der Waals surface area contributed by atoms with Gasteiger partial charge in [0.1, 0.15) is 12.6 Å².